The van der Waals surface area contributed by atoms with E-state index in [-0.39, 0.29) is 12.1 Å². The summed E-state index contributed by atoms with van der Waals surface area (Å²) in [7, 11) is -1.16. The molecular formula is C26H37N5O3SSi. The summed E-state index contributed by atoms with van der Waals surface area (Å²) in [5.74, 6) is 0. The number of nitrogens with one attached hydrogen (secondary N) is 1. The van der Waals surface area contributed by atoms with E-state index in [0.29, 0.717) is 6.73 Å². The van der Waals surface area contributed by atoms with Gasteiger partial charge in [0.05, 0.1) is 0 Å². The maximum atomic E-state index is 12.4. The molecule has 1 amide bonds. The molecule has 1 unspecified atom stereocenters. The molecule has 8 nitrogen and oxygen atoms in total. The largest absolute Gasteiger partial charge is 0.444 e. The van der Waals surface area contributed by atoms with E-state index in [0.717, 1.165) is 59.1 Å². The molecule has 1 N–H and O–H groups in total. The number of ether oxygens (including phenoxy) is 2. The zero-order chi connectivity index (χ0) is 25.9. The molecule has 194 valence electrons. The van der Waals surface area contributed by atoms with Crippen LogP contribution in [0.3, 0.4) is 0 Å². The van der Waals surface area contributed by atoms with E-state index in [1.807, 2.05) is 27.0 Å². The van der Waals surface area contributed by atoms with Crippen molar-refractivity contribution in [1.29, 1.82) is 0 Å². The van der Waals surface area contributed by atoms with E-state index in [2.05, 4.69) is 58.1 Å². The molecule has 10 heteroatoms. The highest BCUT2D eigenvalue weighted by molar-refractivity contribution is 7.12. The van der Waals surface area contributed by atoms with Crippen LogP contribution < -0.4 is 5.32 Å². The van der Waals surface area contributed by atoms with Crippen molar-refractivity contribution < 1.29 is 14.3 Å². The molecule has 0 aromatic carbocycles. The maximum absolute atomic E-state index is 12.4. The molecule has 3 heterocycles. The Morgan fingerprint density at radius 1 is 1.28 bits per heavy atom. The summed E-state index contributed by atoms with van der Waals surface area (Å²) in [6, 6.07) is 3.19. The Balaban J connectivity index is 1.61. The first-order valence-electron chi connectivity index (χ1n) is 12.5. The highest BCUT2D eigenvalue weighted by Gasteiger charge is 2.25. The molecule has 36 heavy (non-hydrogen) atoms. The van der Waals surface area contributed by atoms with E-state index < -0.39 is 13.7 Å². The van der Waals surface area contributed by atoms with Crippen molar-refractivity contribution in [1.82, 2.24) is 25.1 Å². The second-order valence-corrected chi connectivity index (χ2v) is 18.0. The Morgan fingerprint density at radius 3 is 2.78 bits per heavy atom. The van der Waals surface area contributed by atoms with Crippen LogP contribution >= 0.6 is 11.3 Å². The van der Waals surface area contributed by atoms with Gasteiger partial charge in [0.1, 0.15) is 28.5 Å². The number of hydrogen-bond donors (Lipinski definition) is 1. The van der Waals surface area contributed by atoms with Gasteiger partial charge in [-0.3, -0.25) is 0 Å². The quantitative estimate of drug-likeness (QED) is 0.272. The number of rotatable bonds is 8. The number of fused-ring (bicyclic) bond motifs is 1. The smallest absolute Gasteiger partial charge is 0.407 e. The molecule has 0 saturated heterocycles. The lowest BCUT2D eigenvalue weighted by Gasteiger charge is -2.26. The first-order valence-corrected chi connectivity index (χ1v) is 17.1. The van der Waals surface area contributed by atoms with E-state index in [1.54, 1.807) is 5.51 Å². The third-order valence-electron chi connectivity index (χ3n) is 6.01. The van der Waals surface area contributed by atoms with Crippen LogP contribution in [0.1, 0.15) is 45.6 Å². The maximum Gasteiger partial charge on any atom is 0.407 e. The molecule has 1 aliphatic rings. The van der Waals surface area contributed by atoms with E-state index in [4.69, 9.17) is 14.5 Å². The van der Waals surface area contributed by atoms with Crippen molar-refractivity contribution in [2.45, 2.75) is 84.1 Å². The number of amides is 1. The summed E-state index contributed by atoms with van der Waals surface area (Å²) in [5, 5.41) is 13.4. The second kappa shape index (κ2) is 10.8. The molecule has 0 spiro atoms. The molecule has 0 bridgehead atoms. The van der Waals surface area contributed by atoms with Crippen LogP contribution in [0.2, 0.25) is 25.7 Å². The van der Waals surface area contributed by atoms with Crippen molar-refractivity contribution >= 4 is 42.1 Å². The average Bonchev–Trinajstić information content (AvgIpc) is 3.43. The molecule has 0 saturated carbocycles. The summed E-state index contributed by atoms with van der Waals surface area (Å²) in [6.45, 7) is 13.9. The zero-order valence-electron chi connectivity index (χ0n) is 22.1. The highest BCUT2D eigenvalue weighted by Crippen LogP contribution is 2.38. The summed E-state index contributed by atoms with van der Waals surface area (Å²) in [5.41, 5.74) is 5.41. The number of nitrogens with zero attached hydrogens (tertiary/aromatic N) is 4. The Labute approximate surface area is 218 Å². The fourth-order valence-electron chi connectivity index (χ4n) is 4.30. The minimum Gasteiger partial charge on any atom is -0.444 e. The highest BCUT2D eigenvalue weighted by atomic mass is 32.1. The molecule has 4 rings (SSSR count). The number of allylic oxidation sites excluding steroid dienone is 1. The van der Waals surface area contributed by atoms with E-state index >= 15 is 0 Å². The van der Waals surface area contributed by atoms with Crippen molar-refractivity contribution in [2.24, 2.45) is 0 Å². The normalized spacial score (nSPS) is 16.7. The van der Waals surface area contributed by atoms with Gasteiger partial charge < -0.3 is 19.4 Å². The molecule has 0 fully saturated rings. The lowest BCUT2D eigenvalue weighted by atomic mass is 9.89. The van der Waals surface area contributed by atoms with Gasteiger partial charge in [-0.2, -0.15) is 0 Å². The second-order valence-electron chi connectivity index (χ2n) is 11.5. The minimum absolute atomic E-state index is 0.0139. The van der Waals surface area contributed by atoms with Gasteiger partial charge in [0.15, 0.2) is 0 Å². The van der Waals surface area contributed by atoms with Gasteiger partial charge in [-0.1, -0.05) is 37.1 Å². The molecular weight excluding hydrogens is 490 g/mol. The Hall–Kier alpha value is -2.56. The Kier molecular flexibility index (Phi) is 7.96. The molecule has 1 aliphatic carbocycles. The third-order valence-corrected chi connectivity index (χ3v) is 8.44. The van der Waals surface area contributed by atoms with Crippen LogP contribution in [0, 0.1) is 0 Å². The van der Waals surface area contributed by atoms with Crippen molar-refractivity contribution in [3.63, 3.8) is 0 Å². The van der Waals surface area contributed by atoms with Gasteiger partial charge in [0.25, 0.3) is 0 Å². The van der Waals surface area contributed by atoms with Gasteiger partial charge in [0.2, 0.25) is 0 Å². The monoisotopic (exact) mass is 527 g/mol. The lowest BCUT2D eigenvalue weighted by molar-refractivity contribution is 0.0502. The summed E-state index contributed by atoms with van der Waals surface area (Å²) in [4.78, 5) is 17.1. The molecule has 3 aromatic rings. The number of carbonyl (C=O) groups excluding carboxylic acids is 1. The van der Waals surface area contributed by atoms with Gasteiger partial charge in [-0.15, -0.1) is 10.2 Å². The summed E-state index contributed by atoms with van der Waals surface area (Å²) < 4.78 is 13.6. The topological polar surface area (TPSA) is 91.2 Å². The molecule has 1 atom stereocenters. The number of hydrogen-bond acceptors (Lipinski definition) is 7. The third kappa shape index (κ3) is 6.80. The number of carbonyl (C=O) groups is 1. The van der Waals surface area contributed by atoms with Crippen LogP contribution in [0.25, 0.3) is 27.2 Å². The SMILES string of the molecule is CC(C)(C)OC(=O)NC1CCC=C(c2ccnc3c2c(-c2nncs2)cn3COCC[Si](C)(C)C)C1. The lowest BCUT2D eigenvalue weighted by Crippen LogP contribution is -2.39. The molecule has 3 aromatic heterocycles. The first-order chi connectivity index (χ1) is 17.0. The van der Waals surface area contributed by atoms with Crippen LogP contribution in [0.5, 0.6) is 0 Å². The van der Waals surface area contributed by atoms with Gasteiger partial charge in [-0.25, -0.2) is 9.78 Å². The van der Waals surface area contributed by atoms with Crippen molar-refractivity contribution in [3.8, 4) is 10.6 Å². The van der Waals surface area contributed by atoms with Crippen LogP contribution in [-0.4, -0.2) is 52.2 Å². The first kappa shape index (κ1) is 26.5. The predicted molar refractivity (Wildman–Crippen MR) is 148 cm³/mol. The number of aromatic nitrogens is 4. The predicted octanol–water partition coefficient (Wildman–Crippen LogP) is 6.33. The van der Waals surface area contributed by atoms with E-state index in [1.165, 1.54) is 16.9 Å². The average molecular weight is 528 g/mol. The standard InChI is InChI=1S/C26H37N5O3SSi/c1-26(2,3)34-25(32)29-19-9-7-8-18(14-19)20-10-11-27-23-22(20)21(24-30-28-16-35-24)15-31(23)17-33-12-13-36(4,5)6/h8,10-11,15-16,19H,7,9,12-14,17H2,1-6H3,(H,29,32). The van der Waals surface area contributed by atoms with Gasteiger partial charge in [0, 0.05) is 44.1 Å². The van der Waals surface area contributed by atoms with E-state index in [9.17, 15) is 4.79 Å². The van der Waals surface area contributed by atoms with Crippen LogP contribution in [0.4, 0.5) is 4.79 Å². The van der Waals surface area contributed by atoms with Crippen molar-refractivity contribution in [2.75, 3.05) is 6.61 Å². The Morgan fingerprint density at radius 2 is 2.08 bits per heavy atom. The molecule has 0 aliphatic heterocycles. The van der Waals surface area contributed by atoms with Gasteiger partial charge in [-0.05, 0) is 63.3 Å². The summed E-state index contributed by atoms with van der Waals surface area (Å²) in [6.07, 6.45) is 8.33. The van der Waals surface area contributed by atoms with Gasteiger partial charge >= 0.3 is 6.09 Å². The Bertz CT molecular complexity index is 1220. The summed E-state index contributed by atoms with van der Waals surface area (Å²) >= 11 is 1.51. The molecule has 0 radical (unpaired) electrons. The van der Waals surface area contributed by atoms with Crippen LogP contribution in [-0.2, 0) is 16.2 Å². The van der Waals surface area contributed by atoms with Crippen LogP contribution in [0.15, 0.2) is 30.0 Å². The number of alkyl carbamates (subject to hydrolysis) is 1. The minimum atomic E-state index is -1.16. The van der Waals surface area contributed by atoms with Crippen molar-refractivity contribution in [3.05, 3.63) is 35.6 Å². The zero-order valence-corrected chi connectivity index (χ0v) is 23.9. The fourth-order valence-corrected chi connectivity index (χ4v) is 5.63. The fraction of sp³-hybridized carbons (Fsp3) is 0.538. The number of pyridine rings is 1.